The molecule has 1 amide bonds. The zero-order chi connectivity index (χ0) is 15.5. The molecule has 0 bridgehead atoms. The van der Waals surface area contributed by atoms with Crippen molar-refractivity contribution in [3.8, 4) is 11.3 Å². The van der Waals surface area contributed by atoms with Crippen LogP contribution in [0.3, 0.4) is 0 Å². The molecule has 0 aliphatic heterocycles. The van der Waals surface area contributed by atoms with Crippen molar-refractivity contribution in [3.63, 3.8) is 0 Å². The van der Waals surface area contributed by atoms with Crippen molar-refractivity contribution in [3.05, 3.63) is 66.1 Å². The van der Waals surface area contributed by atoms with Crippen LogP contribution in [0, 0.1) is 0 Å². The lowest BCUT2D eigenvalue weighted by molar-refractivity contribution is 0.0780. The summed E-state index contributed by atoms with van der Waals surface area (Å²) >= 11 is 0. The highest BCUT2D eigenvalue weighted by atomic mass is 16.2. The highest BCUT2D eigenvalue weighted by Crippen LogP contribution is 2.18. The van der Waals surface area contributed by atoms with Crippen molar-refractivity contribution in [1.29, 1.82) is 0 Å². The highest BCUT2D eigenvalue weighted by molar-refractivity contribution is 5.93. The first kappa shape index (κ1) is 14.1. The number of aryl methyl sites for hydroxylation is 1. The van der Waals surface area contributed by atoms with Crippen LogP contribution in [0.4, 0.5) is 0 Å². The van der Waals surface area contributed by atoms with Crippen LogP contribution in [0.5, 0.6) is 0 Å². The number of carbonyl (C=O) groups is 1. The zero-order valence-electron chi connectivity index (χ0n) is 12.7. The molecule has 2 heterocycles. The smallest absolute Gasteiger partial charge is 0.270 e. The maximum Gasteiger partial charge on any atom is 0.270 e. The van der Waals surface area contributed by atoms with E-state index in [1.54, 1.807) is 22.8 Å². The Hall–Kier alpha value is -2.82. The third-order valence-corrected chi connectivity index (χ3v) is 3.53. The topological polar surface area (TPSA) is 53.9 Å². The molecule has 3 aromatic rings. The molecule has 2 aromatic heterocycles. The van der Waals surface area contributed by atoms with E-state index in [2.05, 4.69) is 10.1 Å². The minimum absolute atomic E-state index is 0.0361. The molecule has 3 rings (SSSR count). The summed E-state index contributed by atoms with van der Waals surface area (Å²) in [5, 5.41) is 4.12. The number of amides is 1. The first-order chi connectivity index (χ1) is 10.6. The number of hydrogen-bond acceptors (Lipinski definition) is 2. The maximum atomic E-state index is 12.5. The Kier molecular flexibility index (Phi) is 3.78. The van der Waals surface area contributed by atoms with Crippen molar-refractivity contribution in [2.75, 3.05) is 7.05 Å². The molecular weight excluding hydrogens is 276 g/mol. The van der Waals surface area contributed by atoms with Gasteiger partial charge in [-0.3, -0.25) is 9.48 Å². The second-order valence-electron chi connectivity index (χ2n) is 5.34. The number of aromatic amines is 1. The van der Waals surface area contributed by atoms with Crippen molar-refractivity contribution in [1.82, 2.24) is 19.7 Å². The third-order valence-electron chi connectivity index (χ3n) is 3.53. The second-order valence-corrected chi connectivity index (χ2v) is 5.34. The molecule has 22 heavy (non-hydrogen) atoms. The van der Waals surface area contributed by atoms with E-state index < -0.39 is 0 Å². The average Bonchev–Trinajstić information content (AvgIpc) is 3.17. The number of nitrogens with zero attached hydrogens (tertiary/aromatic N) is 3. The Balaban J connectivity index is 1.74. The van der Waals surface area contributed by atoms with Gasteiger partial charge in [0.1, 0.15) is 5.69 Å². The monoisotopic (exact) mass is 294 g/mol. The Morgan fingerprint density at radius 3 is 2.68 bits per heavy atom. The van der Waals surface area contributed by atoms with E-state index in [0.717, 1.165) is 16.8 Å². The average molecular weight is 294 g/mol. The van der Waals surface area contributed by atoms with Gasteiger partial charge in [-0.2, -0.15) is 5.10 Å². The van der Waals surface area contributed by atoms with Crippen molar-refractivity contribution < 1.29 is 4.79 Å². The highest BCUT2D eigenvalue weighted by Gasteiger charge is 2.15. The van der Waals surface area contributed by atoms with E-state index in [-0.39, 0.29) is 5.91 Å². The minimum atomic E-state index is -0.0361. The number of carbonyl (C=O) groups excluding carboxylic acids is 1. The minimum Gasteiger partial charge on any atom is -0.351 e. The molecule has 0 saturated heterocycles. The first-order valence-electron chi connectivity index (χ1n) is 7.11. The molecule has 0 radical (unpaired) electrons. The number of benzene rings is 1. The summed E-state index contributed by atoms with van der Waals surface area (Å²) < 4.78 is 1.73. The van der Waals surface area contributed by atoms with Crippen molar-refractivity contribution in [2.45, 2.75) is 6.54 Å². The second kappa shape index (κ2) is 5.89. The molecule has 0 saturated carbocycles. The molecule has 0 aliphatic rings. The quantitative estimate of drug-likeness (QED) is 0.804. The summed E-state index contributed by atoms with van der Waals surface area (Å²) in [5.74, 6) is -0.0361. The Labute approximate surface area is 129 Å². The molecule has 1 aromatic carbocycles. The van der Waals surface area contributed by atoms with Gasteiger partial charge in [0.25, 0.3) is 5.91 Å². The Bertz CT molecular complexity index is 773. The van der Waals surface area contributed by atoms with Crippen molar-refractivity contribution in [2.24, 2.45) is 7.05 Å². The Morgan fingerprint density at radius 1 is 1.23 bits per heavy atom. The number of aromatic nitrogens is 3. The molecule has 5 nitrogen and oxygen atoms in total. The molecule has 0 atom stereocenters. The van der Waals surface area contributed by atoms with Gasteiger partial charge in [-0.1, -0.05) is 30.3 Å². The van der Waals surface area contributed by atoms with Gasteiger partial charge in [0.15, 0.2) is 0 Å². The lowest BCUT2D eigenvalue weighted by Crippen LogP contribution is -2.26. The summed E-state index contributed by atoms with van der Waals surface area (Å²) in [5.41, 5.74) is 3.61. The van der Waals surface area contributed by atoms with Crippen LogP contribution in [0.25, 0.3) is 11.3 Å². The van der Waals surface area contributed by atoms with Gasteiger partial charge >= 0.3 is 0 Å². The van der Waals surface area contributed by atoms with Gasteiger partial charge in [0, 0.05) is 38.1 Å². The fourth-order valence-corrected chi connectivity index (χ4v) is 2.41. The summed E-state index contributed by atoms with van der Waals surface area (Å²) in [7, 11) is 3.65. The standard InChI is InChI=1S/C17H18N4O/c1-20(11-13-10-18-21(2)12-13)17(22)16-9-8-15(19-16)14-6-4-3-5-7-14/h3-10,12,19H,11H2,1-2H3. The normalized spacial score (nSPS) is 10.6. The number of nitrogens with one attached hydrogen (secondary N) is 1. The van der Waals surface area contributed by atoms with E-state index in [1.807, 2.05) is 55.7 Å². The molecule has 0 spiro atoms. The number of hydrogen-bond donors (Lipinski definition) is 1. The molecule has 0 unspecified atom stereocenters. The van der Waals surface area contributed by atoms with Gasteiger partial charge in [-0.25, -0.2) is 0 Å². The van der Waals surface area contributed by atoms with Gasteiger partial charge in [0.05, 0.1) is 6.20 Å². The molecule has 1 N–H and O–H groups in total. The summed E-state index contributed by atoms with van der Waals surface area (Å²) in [6.07, 6.45) is 3.68. The summed E-state index contributed by atoms with van der Waals surface area (Å²) in [6, 6.07) is 13.7. The predicted octanol–water partition coefficient (Wildman–Crippen LogP) is 2.69. The van der Waals surface area contributed by atoms with Crippen LogP contribution in [0.1, 0.15) is 16.1 Å². The van der Waals surface area contributed by atoms with Crippen LogP contribution >= 0.6 is 0 Å². The number of rotatable bonds is 4. The lowest BCUT2D eigenvalue weighted by atomic mass is 10.2. The first-order valence-corrected chi connectivity index (χ1v) is 7.11. The summed E-state index contributed by atoms with van der Waals surface area (Å²) in [6.45, 7) is 0.534. The number of H-pyrrole nitrogens is 1. The van der Waals surface area contributed by atoms with Gasteiger partial charge < -0.3 is 9.88 Å². The third kappa shape index (κ3) is 2.93. The summed E-state index contributed by atoms with van der Waals surface area (Å²) in [4.78, 5) is 17.3. The van der Waals surface area contributed by atoms with Gasteiger partial charge in [-0.05, 0) is 17.7 Å². The molecule has 112 valence electrons. The molecular formula is C17H18N4O. The van der Waals surface area contributed by atoms with Crippen LogP contribution < -0.4 is 0 Å². The van der Waals surface area contributed by atoms with E-state index in [1.165, 1.54) is 0 Å². The van der Waals surface area contributed by atoms with Crippen LogP contribution in [0.15, 0.2) is 54.9 Å². The molecule has 0 aliphatic carbocycles. The molecule has 5 heteroatoms. The zero-order valence-corrected chi connectivity index (χ0v) is 12.7. The van der Waals surface area contributed by atoms with E-state index in [0.29, 0.717) is 12.2 Å². The largest absolute Gasteiger partial charge is 0.351 e. The Morgan fingerprint density at radius 2 is 2.00 bits per heavy atom. The SMILES string of the molecule is CN(Cc1cnn(C)c1)C(=O)c1ccc(-c2ccccc2)[nH]1. The van der Waals surface area contributed by atoms with E-state index >= 15 is 0 Å². The van der Waals surface area contributed by atoms with Crippen LogP contribution in [-0.2, 0) is 13.6 Å². The van der Waals surface area contributed by atoms with E-state index in [4.69, 9.17) is 0 Å². The van der Waals surface area contributed by atoms with Crippen molar-refractivity contribution >= 4 is 5.91 Å². The maximum absolute atomic E-state index is 12.5. The lowest BCUT2D eigenvalue weighted by Gasteiger charge is -2.15. The van der Waals surface area contributed by atoms with Gasteiger partial charge in [-0.15, -0.1) is 0 Å². The van der Waals surface area contributed by atoms with Crippen LogP contribution in [0.2, 0.25) is 0 Å². The van der Waals surface area contributed by atoms with Gasteiger partial charge in [0.2, 0.25) is 0 Å². The van der Waals surface area contributed by atoms with Crippen LogP contribution in [-0.4, -0.2) is 32.6 Å². The molecule has 0 fully saturated rings. The predicted molar refractivity (Wildman–Crippen MR) is 85.2 cm³/mol. The fraction of sp³-hybridized carbons (Fsp3) is 0.176. The van der Waals surface area contributed by atoms with E-state index in [9.17, 15) is 4.79 Å². The fourth-order valence-electron chi connectivity index (χ4n) is 2.41.